The number of nitrogens with zero attached hydrogens (tertiary/aromatic N) is 8. The van der Waals surface area contributed by atoms with Crippen molar-refractivity contribution in [1.82, 2.24) is 44.4 Å². The van der Waals surface area contributed by atoms with Crippen LogP contribution in [0.15, 0.2) is 156 Å². The number of sulfonamides is 2. The standard InChI is InChI=1S/C40H48ClFN6O6S.C24H35N5O4S.C16H15ClFNO3/c1-25(2)24-53-29-20-27(19-28(42)21-29)31-17-15-30(36(41)45-31)37(49)47-55(51,52)35-13-10-12-34(46-35)44-33(32-11-8-9-18-43-32)16-14-26-22-40(6,7)48(23-26)38(50)54-39(3,4)5;1-23(2,3)33-22(30)29-16-17(15-24(29,4)5)12-13-19(18-9-6-7-14-26-18)27-20-10-8-11-21(28-20)34(25,31)32;1-9(2)8-22-12-6-10(5-11(18)7-12)14-4-3-13(16(20)21)15(17)19-14/h8-13,15,17-21,25-26,33H,14,16,22-24H2,1-7H3,(H,44,46)(H,47,49);6-11,14,17,19H,12-13,15-16H2,1-5H3,(H,27,28)(H2,25,31,32);3-7,9H,8H2,1-2H3,(H,20,21)/t26-,33?;17-,19?;/m00./s1. The summed E-state index contributed by atoms with van der Waals surface area (Å²) in [6, 6.07) is 33.7. The molecule has 25 nitrogen and oxygen atoms in total. The van der Waals surface area contributed by atoms with Crippen LogP contribution in [0.3, 0.4) is 0 Å². The molecule has 0 bridgehead atoms. The molecule has 596 valence electrons. The van der Waals surface area contributed by atoms with E-state index in [-0.39, 0.29) is 85.2 Å². The number of carbonyl (C=O) groups excluding carboxylic acids is 3. The average Bonchev–Trinajstić information content (AvgIpc) is 1.78. The first kappa shape index (κ1) is 86.9. The van der Waals surface area contributed by atoms with E-state index in [9.17, 15) is 44.8 Å². The highest BCUT2D eigenvalue weighted by atomic mass is 35.5. The summed E-state index contributed by atoms with van der Waals surface area (Å²) in [6.45, 7) is 29.3. The third kappa shape index (κ3) is 25.9. The van der Waals surface area contributed by atoms with Crippen LogP contribution in [0, 0.1) is 35.3 Å². The summed E-state index contributed by atoms with van der Waals surface area (Å²) in [5, 5.41) is 19.8. The molecular weight excluding hydrogens is 1510 g/mol. The van der Waals surface area contributed by atoms with Crippen molar-refractivity contribution in [3.8, 4) is 34.0 Å². The van der Waals surface area contributed by atoms with Crippen molar-refractivity contribution in [2.45, 2.75) is 180 Å². The molecular formula is C80H98Cl2F2N12O13S2. The van der Waals surface area contributed by atoms with E-state index in [1.807, 2.05) is 129 Å². The lowest BCUT2D eigenvalue weighted by Gasteiger charge is -2.33. The molecule has 2 saturated heterocycles. The van der Waals surface area contributed by atoms with Gasteiger partial charge < -0.3 is 44.5 Å². The van der Waals surface area contributed by atoms with Crippen LogP contribution in [0.1, 0.15) is 180 Å². The zero-order valence-electron chi connectivity index (χ0n) is 64.7. The van der Waals surface area contributed by atoms with Crippen molar-refractivity contribution in [3.05, 3.63) is 190 Å². The first-order valence-corrected chi connectivity index (χ1v) is 40.0. The summed E-state index contributed by atoms with van der Waals surface area (Å²) in [5.74, 6) is -0.790. The number of likely N-dealkylation sites (tertiary alicyclic amines) is 2. The highest BCUT2D eigenvalue weighted by molar-refractivity contribution is 7.90. The number of aromatic carboxylic acids is 1. The molecule has 8 aromatic rings. The third-order valence-corrected chi connectivity index (χ3v) is 20.1. The molecule has 0 spiro atoms. The number of benzene rings is 2. The minimum Gasteiger partial charge on any atom is -0.493 e. The number of pyridine rings is 6. The van der Waals surface area contributed by atoms with Crippen LogP contribution in [0.4, 0.5) is 30.0 Å². The van der Waals surface area contributed by atoms with Crippen molar-refractivity contribution in [2.75, 3.05) is 36.9 Å². The molecule has 31 heteroatoms. The molecule has 6 N–H and O–H groups in total. The number of primary sulfonamides is 1. The molecule has 3 amide bonds. The number of hydrogen-bond donors (Lipinski definition) is 5. The summed E-state index contributed by atoms with van der Waals surface area (Å²) in [4.78, 5) is 79.3. The Morgan fingerprint density at radius 1 is 0.577 bits per heavy atom. The van der Waals surface area contributed by atoms with Crippen LogP contribution in [0.25, 0.3) is 22.5 Å². The van der Waals surface area contributed by atoms with Gasteiger partial charge in [0.15, 0.2) is 10.1 Å². The second kappa shape index (κ2) is 37.1. The molecule has 10 rings (SSSR count). The second-order valence-electron chi connectivity index (χ2n) is 31.3. The first-order chi connectivity index (χ1) is 51.9. The Hall–Kier alpha value is -9.68. The summed E-state index contributed by atoms with van der Waals surface area (Å²) in [7, 11) is -8.38. The van der Waals surface area contributed by atoms with E-state index < -0.39 is 59.8 Å². The van der Waals surface area contributed by atoms with Crippen molar-refractivity contribution in [3.63, 3.8) is 0 Å². The fourth-order valence-corrected chi connectivity index (χ4v) is 14.4. The van der Waals surface area contributed by atoms with E-state index in [4.69, 9.17) is 52.4 Å². The molecule has 2 aliphatic rings. The van der Waals surface area contributed by atoms with Gasteiger partial charge in [-0.05, 0) is 228 Å². The summed E-state index contributed by atoms with van der Waals surface area (Å²) in [5.41, 5.74) is 0.904. The maximum absolute atomic E-state index is 14.4. The lowest BCUT2D eigenvalue weighted by molar-refractivity contribution is 0.0118. The summed E-state index contributed by atoms with van der Waals surface area (Å²) < 4.78 is 103. The van der Waals surface area contributed by atoms with Crippen LogP contribution < -0.4 is 30.0 Å². The maximum atomic E-state index is 14.4. The molecule has 0 radical (unpaired) electrons. The quantitative estimate of drug-likeness (QED) is 0.0332. The normalized spacial score (nSPS) is 15.9. The molecule has 2 unspecified atom stereocenters. The zero-order valence-corrected chi connectivity index (χ0v) is 67.9. The molecule has 6 aromatic heterocycles. The van der Waals surface area contributed by atoms with E-state index in [1.54, 1.807) is 47.6 Å². The predicted molar refractivity (Wildman–Crippen MR) is 421 cm³/mol. The fraction of sp³-hybridized carbons (Fsp3) is 0.425. The lowest BCUT2D eigenvalue weighted by atomic mass is 9.91. The highest BCUT2D eigenvalue weighted by Gasteiger charge is 2.45. The number of ether oxygens (including phenoxy) is 4. The SMILES string of the molecule is CC(C)(C)OC(=O)N1C[C@@H](CCC(Nc2cccc(S(N)(=O)=O)n2)c2ccccn2)CC1(C)C.CC(C)COc1cc(F)cc(-c2ccc(C(=O)NS(=O)(=O)c3cccc(NC(CC[C@@H]4CN(C(=O)OC(C)(C)C)C(C)(C)C4)c4ccccn4)n3)c(Cl)n2)c1.CC(C)COc1cc(F)cc(-c2ccc(C(=O)O)c(Cl)n2)c1. The number of carboxylic acids is 1. The summed E-state index contributed by atoms with van der Waals surface area (Å²) >= 11 is 12.2. The largest absolute Gasteiger partial charge is 0.493 e. The van der Waals surface area contributed by atoms with Crippen molar-refractivity contribution in [1.29, 1.82) is 0 Å². The Labute approximate surface area is 658 Å². The number of anilines is 2. The van der Waals surface area contributed by atoms with Gasteiger partial charge in [0.2, 0.25) is 0 Å². The van der Waals surface area contributed by atoms with Gasteiger partial charge in [0.25, 0.3) is 26.0 Å². The highest BCUT2D eigenvalue weighted by Crippen LogP contribution is 2.40. The number of carbonyl (C=O) groups is 4. The third-order valence-electron chi connectivity index (χ3n) is 17.5. The molecule has 0 aliphatic carbocycles. The number of aromatic nitrogens is 6. The van der Waals surface area contributed by atoms with Gasteiger partial charge in [-0.1, -0.05) is 75.2 Å². The van der Waals surface area contributed by atoms with E-state index in [2.05, 4.69) is 54.4 Å². The molecule has 2 aromatic carbocycles. The topological polar surface area (TPSA) is 340 Å². The van der Waals surface area contributed by atoms with E-state index in [0.29, 0.717) is 78.7 Å². The second-order valence-corrected chi connectivity index (χ2v) is 35.2. The molecule has 2 aliphatic heterocycles. The lowest BCUT2D eigenvalue weighted by Crippen LogP contribution is -2.45. The smallest absolute Gasteiger partial charge is 0.410 e. The predicted octanol–water partition coefficient (Wildman–Crippen LogP) is 16.8. The summed E-state index contributed by atoms with van der Waals surface area (Å²) in [6.07, 6.45) is 7.34. The fourth-order valence-electron chi connectivity index (χ4n) is 12.5. The molecule has 2 fully saturated rings. The van der Waals surface area contributed by atoms with E-state index in [1.165, 1.54) is 66.7 Å². The minimum absolute atomic E-state index is 0.0990. The number of carboxylic acid groups (broad SMARTS) is 1. The Morgan fingerprint density at radius 3 is 1.37 bits per heavy atom. The molecule has 4 atom stereocenters. The van der Waals surface area contributed by atoms with Gasteiger partial charge in [0.1, 0.15) is 56.3 Å². The Kier molecular flexibility index (Phi) is 29.0. The number of nitrogens with two attached hydrogens (primary N) is 1. The molecule has 111 heavy (non-hydrogen) atoms. The van der Waals surface area contributed by atoms with Crippen LogP contribution in [-0.2, 0) is 29.5 Å². The Balaban J connectivity index is 0.000000233. The number of rotatable bonds is 25. The van der Waals surface area contributed by atoms with Gasteiger partial charge in [-0.3, -0.25) is 14.8 Å². The maximum Gasteiger partial charge on any atom is 0.410 e. The monoisotopic (exact) mass is 1610 g/mol. The van der Waals surface area contributed by atoms with E-state index in [0.717, 1.165) is 43.5 Å². The van der Waals surface area contributed by atoms with Gasteiger partial charge in [0, 0.05) is 59.8 Å². The molecule has 8 heterocycles. The van der Waals surface area contributed by atoms with Crippen LogP contribution >= 0.6 is 23.2 Å². The van der Waals surface area contributed by atoms with Crippen LogP contribution in [-0.4, -0.2) is 134 Å². The van der Waals surface area contributed by atoms with E-state index >= 15 is 0 Å². The molecule has 0 saturated carbocycles. The zero-order chi connectivity index (χ0) is 81.6. The first-order valence-electron chi connectivity index (χ1n) is 36.2. The Morgan fingerprint density at radius 2 is 0.991 bits per heavy atom. The van der Waals surface area contributed by atoms with Crippen molar-refractivity contribution >= 4 is 78.9 Å². The number of hydrogen-bond acceptors (Lipinski definition) is 20. The van der Waals surface area contributed by atoms with Crippen molar-refractivity contribution < 1.29 is 68.8 Å². The number of nitrogens with one attached hydrogen (secondary N) is 3. The number of amides is 3. The van der Waals surface area contributed by atoms with Gasteiger partial charge in [-0.2, -0.15) is 8.42 Å². The Bertz CT molecular complexity index is 4810. The number of halogens is 4. The van der Waals surface area contributed by atoms with Gasteiger partial charge in [-0.25, -0.2) is 61.4 Å². The van der Waals surface area contributed by atoms with Crippen LogP contribution in [0.5, 0.6) is 11.5 Å². The van der Waals surface area contributed by atoms with Gasteiger partial charge >= 0.3 is 18.2 Å². The van der Waals surface area contributed by atoms with Gasteiger partial charge in [0.05, 0.1) is 59.2 Å². The average molecular weight is 1610 g/mol. The van der Waals surface area contributed by atoms with Crippen molar-refractivity contribution in [2.24, 2.45) is 28.8 Å². The minimum atomic E-state index is -4.47. The van der Waals surface area contributed by atoms with Crippen LogP contribution in [0.2, 0.25) is 10.3 Å². The van der Waals surface area contributed by atoms with Gasteiger partial charge in [-0.15, -0.1) is 0 Å².